The molecule has 1 aromatic carbocycles. The minimum absolute atomic E-state index is 0.0766. The largest absolute Gasteiger partial charge is 0.378 e. The second kappa shape index (κ2) is 7.39. The van der Waals surface area contributed by atoms with Crippen LogP contribution in [-0.4, -0.2) is 19.3 Å². The van der Waals surface area contributed by atoms with Gasteiger partial charge in [0.1, 0.15) is 0 Å². The van der Waals surface area contributed by atoms with Gasteiger partial charge in [0.05, 0.1) is 5.60 Å². The van der Waals surface area contributed by atoms with E-state index < -0.39 is 0 Å². The van der Waals surface area contributed by atoms with E-state index in [9.17, 15) is 0 Å². The molecule has 0 heterocycles. The maximum atomic E-state index is 5.81. The molecule has 1 aliphatic carbocycles. The van der Waals surface area contributed by atoms with Gasteiger partial charge in [-0.2, -0.15) is 0 Å². The molecule has 4 heteroatoms. The molecule has 1 saturated carbocycles. The molecular weight excluding hydrogens is 382 g/mol. The van der Waals surface area contributed by atoms with E-state index in [2.05, 4.69) is 62.3 Å². The molecule has 1 N–H and O–H groups in total. The van der Waals surface area contributed by atoms with Crippen LogP contribution in [-0.2, 0) is 4.74 Å². The number of hydrogen-bond donors (Lipinski definition) is 1. The molecule has 0 bridgehead atoms. The van der Waals surface area contributed by atoms with Crippen LogP contribution in [0.25, 0.3) is 0 Å². The maximum Gasteiger partial charge on any atom is 0.0697 e. The molecule has 0 radical (unpaired) electrons. The van der Waals surface area contributed by atoms with Crippen molar-refractivity contribution in [3.8, 4) is 0 Å². The normalized spacial score (nSPS) is 18.6. The van der Waals surface area contributed by atoms with Crippen LogP contribution in [0.3, 0.4) is 0 Å². The van der Waals surface area contributed by atoms with Crippen molar-refractivity contribution >= 4 is 31.9 Å². The van der Waals surface area contributed by atoms with E-state index in [1.165, 1.54) is 29.3 Å². The molecule has 0 aromatic heterocycles. The van der Waals surface area contributed by atoms with Crippen LogP contribution in [0.4, 0.5) is 0 Å². The summed E-state index contributed by atoms with van der Waals surface area (Å²) in [5.41, 5.74) is 1.39. The summed E-state index contributed by atoms with van der Waals surface area (Å²) in [4.78, 5) is 0. The Morgan fingerprint density at radius 2 is 2.10 bits per heavy atom. The van der Waals surface area contributed by atoms with Crippen LogP contribution in [0, 0.1) is 0 Å². The molecule has 0 saturated heterocycles. The molecule has 2 nitrogen and oxygen atoms in total. The molecular formula is C16H23Br2NO. The minimum Gasteiger partial charge on any atom is -0.378 e. The van der Waals surface area contributed by atoms with Gasteiger partial charge in [0.15, 0.2) is 0 Å². The molecule has 112 valence electrons. The van der Waals surface area contributed by atoms with E-state index in [4.69, 9.17) is 4.74 Å². The number of methoxy groups -OCH3 is 1. The number of halogens is 2. The Balaban J connectivity index is 2.20. The summed E-state index contributed by atoms with van der Waals surface area (Å²) in [5, 5.41) is 3.68. The molecule has 1 fully saturated rings. The Labute approximate surface area is 138 Å². The highest BCUT2D eigenvalue weighted by molar-refractivity contribution is 9.11. The molecule has 1 atom stereocenters. The van der Waals surface area contributed by atoms with E-state index >= 15 is 0 Å². The first-order valence-corrected chi connectivity index (χ1v) is 8.92. The first-order chi connectivity index (χ1) is 9.60. The molecule has 2 rings (SSSR count). The number of ether oxygens (including phenoxy) is 1. The van der Waals surface area contributed by atoms with Gasteiger partial charge in [-0.1, -0.05) is 38.8 Å². The lowest BCUT2D eigenvalue weighted by atomic mass is 9.74. The van der Waals surface area contributed by atoms with E-state index in [0.717, 1.165) is 23.9 Å². The summed E-state index contributed by atoms with van der Waals surface area (Å²) >= 11 is 7.27. The van der Waals surface area contributed by atoms with E-state index in [-0.39, 0.29) is 5.60 Å². The fourth-order valence-corrected chi connectivity index (χ4v) is 3.73. The van der Waals surface area contributed by atoms with Crippen LogP contribution >= 0.6 is 31.9 Å². The lowest BCUT2D eigenvalue weighted by Gasteiger charge is -2.43. The maximum absolute atomic E-state index is 5.81. The van der Waals surface area contributed by atoms with Gasteiger partial charge in [-0.3, -0.25) is 0 Å². The third-order valence-electron chi connectivity index (χ3n) is 4.25. The standard InChI is InChI=1S/C16H23Br2NO/c1-3-9-19-15(11-16(20-2)7-4-8-16)13-10-12(17)5-6-14(13)18/h5-6,10,15,19H,3-4,7-9,11H2,1-2H3. The highest BCUT2D eigenvalue weighted by atomic mass is 79.9. The van der Waals surface area contributed by atoms with Gasteiger partial charge in [-0.15, -0.1) is 0 Å². The monoisotopic (exact) mass is 403 g/mol. The van der Waals surface area contributed by atoms with Crippen molar-refractivity contribution in [2.45, 2.75) is 50.7 Å². The predicted molar refractivity (Wildman–Crippen MR) is 91.1 cm³/mol. The topological polar surface area (TPSA) is 21.3 Å². The van der Waals surface area contributed by atoms with Gasteiger partial charge in [-0.25, -0.2) is 0 Å². The van der Waals surface area contributed by atoms with Crippen molar-refractivity contribution in [2.75, 3.05) is 13.7 Å². The summed E-state index contributed by atoms with van der Waals surface area (Å²) in [7, 11) is 1.85. The van der Waals surface area contributed by atoms with E-state index in [1.807, 2.05) is 7.11 Å². The van der Waals surface area contributed by atoms with Crippen molar-refractivity contribution in [1.82, 2.24) is 5.32 Å². The van der Waals surface area contributed by atoms with Gasteiger partial charge in [0.25, 0.3) is 0 Å². The van der Waals surface area contributed by atoms with Crippen molar-refractivity contribution in [1.29, 1.82) is 0 Å². The van der Waals surface area contributed by atoms with Crippen LogP contribution in [0.1, 0.15) is 50.6 Å². The Bertz CT molecular complexity index is 441. The van der Waals surface area contributed by atoms with Crippen molar-refractivity contribution in [3.05, 3.63) is 32.7 Å². The molecule has 0 amide bonds. The summed E-state index contributed by atoms with van der Waals surface area (Å²) < 4.78 is 8.10. The Kier molecular flexibility index (Phi) is 6.09. The van der Waals surface area contributed by atoms with Crippen LogP contribution in [0.15, 0.2) is 27.1 Å². The zero-order chi connectivity index (χ0) is 14.6. The molecule has 0 aliphatic heterocycles. The third-order valence-corrected chi connectivity index (χ3v) is 5.46. The highest BCUT2D eigenvalue weighted by Gasteiger charge is 2.39. The van der Waals surface area contributed by atoms with Crippen LogP contribution in [0.2, 0.25) is 0 Å². The summed E-state index contributed by atoms with van der Waals surface area (Å²) in [6.07, 6.45) is 5.83. The van der Waals surface area contributed by atoms with Crippen molar-refractivity contribution < 1.29 is 4.74 Å². The fraction of sp³-hybridized carbons (Fsp3) is 0.625. The van der Waals surface area contributed by atoms with Crippen LogP contribution in [0.5, 0.6) is 0 Å². The van der Waals surface area contributed by atoms with Gasteiger partial charge >= 0.3 is 0 Å². The van der Waals surface area contributed by atoms with Gasteiger partial charge in [0, 0.05) is 22.1 Å². The second-order valence-electron chi connectivity index (χ2n) is 5.62. The first-order valence-electron chi connectivity index (χ1n) is 7.34. The van der Waals surface area contributed by atoms with Gasteiger partial charge in [0.2, 0.25) is 0 Å². The molecule has 1 unspecified atom stereocenters. The van der Waals surface area contributed by atoms with Crippen molar-refractivity contribution in [3.63, 3.8) is 0 Å². The number of nitrogens with one attached hydrogen (secondary N) is 1. The molecule has 20 heavy (non-hydrogen) atoms. The average molecular weight is 405 g/mol. The number of rotatable bonds is 7. The summed E-state index contributed by atoms with van der Waals surface area (Å²) in [5.74, 6) is 0. The molecule has 1 aromatic rings. The Hall–Kier alpha value is 0.1000. The number of benzene rings is 1. The zero-order valence-corrected chi connectivity index (χ0v) is 15.4. The summed E-state index contributed by atoms with van der Waals surface area (Å²) in [6, 6.07) is 6.72. The fourth-order valence-electron chi connectivity index (χ4n) is 2.83. The molecule has 0 spiro atoms. The number of hydrogen-bond acceptors (Lipinski definition) is 2. The third kappa shape index (κ3) is 3.85. The van der Waals surface area contributed by atoms with Crippen LogP contribution < -0.4 is 5.32 Å². The average Bonchev–Trinajstić information content (AvgIpc) is 2.40. The van der Waals surface area contributed by atoms with E-state index in [0.29, 0.717) is 6.04 Å². The second-order valence-corrected chi connectivity index (χ2v) is 7.39. The quantitative estimate of drug-likeness (QED) is 0.673. The van der Waals surface area contributed by atoms with Gasteiger partial charge < -0.3 is 10.1 Å². The lowest BCUT2D eigenvalue weighted by Crippen LogP contribution is -2.43. The summed E-state index contributed by atoms with van der Waals surface area (Å²) in [6.45, 7) is 3.23. The first kappa shape index (κ1) is 16.5. The minimum atomic E-state index is 0.0766. The Morgan fingerprint density at radius 3 is 2.65 bits per heavy atom. The van der Waals surface area contributed by atoms with Gasteiger partial charge in [-0.05, 0) is 62.4 Å². The predicted octanol–water partition coefficient (Wildman–Crippen LogP) is 5.21. The van der Waals surface area contributed by atoms with Crippen molar-refractivity contribution in [2.24, 2.45) is 0 Å². The smallest absolute Gasteiger partial charge is 0.0697 e. The lowest BCUT2D eigenvalue weighted by molar-refractivity contribution is -0.0838. The molecule has 1 aliphatic rings. The SMILES string of the molecule is CCCNC(CC1(OC)CCC1)c1cc(Br)ccc1Br. The zero-order valence-electron chi connectivity index (χ0n) is 12.2. The Morgan fingerprint density at radius 1 is 1.35 bits per heavy atom. The highest BCUT2D eigenvalue weighted by Crippen LogP contribution is 2.43. The van der Waals surface area contributed by atoms with E-state index in [1.54, 1.807) is 0 Å².